The minimum Gasteiger partial charge on any atom is -0.464 e. The summed E-state index contributed by atoms with van der Waals surface area (Å²) in [5.74, 6) is 1.73. The fourth-order valence-electron chi connectivity index (χ4n) is 2.77. The number of carbonyl (C=O) groups excluding carboxylic acids is 1. The lowest BCUT2D eigenvalue weighted by molar-refractivity contribution is -0.134. The van der Waals surface area contributed by atoms with E-state index in [9.17, 15) is 4.79 Å². The Kier molecular flexibility index (Phi) is 5.27. The number of rotatable bonds is 6. The predicted octanol–water partition coefficient (Wildman–Crippen LogP) is 0.539. The van der Waals surface area contributed by atoms with Crippen LogP contribution in [0.1, 0.15) is 11.5 Å². The summed E-state index contributed by atoms with van der Waals surface area (Å²) < 4.78 is 13.0. The zero-order valence-corrected chi connectivity index (χ0v) is 14.1. The van der Waals surface area contributed by atoms with Gasteiger partial charge < -0.3 is 14.1 Å². The van der Waals surface area contributed by atoms with Crippen molar-refractivity contribution >= 4 is 5.91 Å². The summed E-state index contributed by atoms with van der Waals surface area (Å²) in [6, 6.07) is 3.81. The Morgan fingerprint density at radius 1 is 1.46 bits per heavy atom. The Morgan fingerprint density at radius 2 is 2.33 bits per heavy atom. The van der Waals surface area contributed by atoms with Crippen molar-refractivity contribution in [2.45, 2.75) is 26.1 Å². The van der Waals surface area contributed by atoms with Gasteiger partial charge in [0, 0.05) is 20.1 Å². The standard InChI is InChI=1S/C16H23N5O3/c1-13-3-4-14(24-13)7-19(2)16(22)10-20-5-6-23-15(8-20)9-21-12-17-11-18-21/h3-4,11-12,15H,5-10H2,1-2H3/t15-/m1/s1. The Balaban J connectivity index is 1.48. The Hall–Kier alpha value is -2.19. The molecule has 2 aromatic rings. The summed E-state index contributed by atoms with van der Waals surface area (Å²) in [6.45, 7) is 5.49. The van der Waals surface area contributed by atoms with E-state index in [1.165, 1.54) is 6.33 Å². The highest BCUT2D eigenvalue weighted by atomic mass is 16.5. The molecule has 130 valence electrons. The van der Waals surface area contributed by atoms with E-state index < -0.39 is 0 Å². The average Bonchev–Trinajstić information content (AvgIpc) is 3.19. The lowest BCUT2D eigenvalue weighted by Crippen LogP contribution is -2.48. The summed E-state index contributed by atoms with van der Waals surface area (Å²) in [5, 5.41) is 4.09. The second-order valence-electron chi connectivity index (χ2n) is 6.11. The number of ether oxygens (including phenoxy) is 1. The Labute approximate surface area is 141 Å². The summed E-state index contributed by atoms with van der Waals surface area (Å²) in [6.07, 6.45) is 3.20. The van der Waals surface area contributed by atoms with Gasteiger partial charge in [-0.15, -0.1) is 0 Å². The number of aryl methyl sites for hydroxylation is 1. The molecule has 1 fully saturated rings. The molecule has 1 saturated heterocycles. The summed E-state index contributed by atoms with van der Waals surface area (Å²) in [5.41, 5.74) is 0. The molecular formula is C16H23N5O3. The first-order valence-electron chi connectivity index (χ1n) is 8.06. The maximum atomic E-state index is 12.4. The number of morpholine rings is 1. The molecule has 1 atom stereocenters. The number of hydrogen-bond acceptors (Lipinski definition) is 6. The number of likely N-dealkylation sites (N-methyl/N-ethyl adjacent to an activating group) is 1. The molecule has 8 heteroatoms. The normalized spacial score (nSPS) is 18.7. The molecule has 0 unspecified atom stereocenters. The lowest BCUT2D eigenvalue weighted by atomic mass is 10.2. The fourth-order valence-corrected chi connectivity index (χ4v) is 2.77. The van der Waals surface area contributed by atoms with Crippen LogP contribution < -0.4 is 0 Å². The summed E-state index contributed by atoms with van der Waals surface area (Å²) in [4.78, 5) is 20.2. The number of aromatic nitrogens is 3. The third-order valence-corrected chi connectivity index (χ3v) is 4.05. The molecule has 0 aliphatic carbocycles. The Morgan fingerprint density at radius 3 is 3.04 bits per heavy atom. The van der Waals surface area contributed by atoms with Crippen LogP contribution in [0.5, 0.6) is 0 Å². The van der Waals surface area contributed by atoms with Gasteiger partial charge in [-0.1, -0.05) is 0 Å². The quantitative estimate of drug-likeness (QED) is 0.768. The largest absolute Gasteiger partial charge is 0.464 e. The van der Waals surface area contributed by atoms with E-state index in [2.05, 4.69) is 15.0 Å². The molecule has 0 radical (unpaired) electrons. The number of hydrogen-bond donors (Lipinski definition) is 0. The molecule has 24 heavy (non-hydrogen) atoms. The molecule has 3 heterocycles. The van der Waals surface area contributed by atoms with Crippen molar-refractivity contribution in [1.82, 2.24) is 24.6 Å². The van der Waals surface area contributed by atoms with Gasteiger partial charge in [0.1, 0.15) is 24.2 Å². The molecule has 1 amide bonds. The van der Waals surface area contributed by atoms with Crippen molar-refractivity contribution in [3.63, 3.8) is 0 Å². The average molecular weight is 333 g/mol. The van der Waals surface area contributed by atoms with Gasteiger partial charge in [0.2, 0.25) is 5.91 Å². The highest BCUT2D eigenvalue weighted by Crippen LogP contribution is 2.10. The smallest absolute Gasteiger partial charge is 0.236 e. The first kappa shape index (κ1) is 16.7. The summed E-state index contributed by atoms with van der Waals surface area (Å²) >= 11 is 0. The number of amides is 1. The van der Waals surface area contributed by atoms with E-state index >= 15 is 0 Å². The van der Waals surface area contributed by atoms with Gasteiger partial charge in [-0.05, 0) is 19.1 Å². The van der Waals surface area contributed by atoms with Gasteiger partial charge in [-0.3, -0.25) is 14.4 Å². The van der Waals surface area contributed by atoms with Crippen LogP contribution in [0.15, 0.2) is 29.2 Å². The van der Waals surface area contributed by atoms with Crippen LogP contribution in [0.2, 0.25) is 0 Å². The van der Waals surface area contributed by atoms with E-state index in [-0.39, 0.29) is 12.0 Å². The second-order valence-corrected chi connectivity index (χ2v) is 6.11. The van der Waals surface area contributed by atoms with Crippen molar-refractivity contribution in [2.75, 3.05) is 33.3 Å². The molecule has 8 nitrogen and oxygen atoms in total. The van der Waals surface area contributed by atoms with E-state index in [1.807, 2.05) is 19.1 Å². The molecule has 0 aromatic carbocycles. The molecule has 0 bridgehead atoms. The summed E-state index contributed by atoms with van der Waals surface area (Å²) in [7, 11) is 1.80. The van der Waals surface area contributed by atoms with Gasteiger partial charge in [-0.2, -0.15) is 5.10 Å². The van der Waals surface area contributed by atoms with Crippen molar-refractivity contribution < 1.29 is 13.9 Å². The van der Waals surface area contributed by atoms with E-state index in [0.717, 1.165) is 18.1 Å². The van der Waals surface area contributed by atoms with E-state index in [1.54, 1.807) is 23.0 Å². The number of furan rings is 1. The first-order valence-corrected chi connectivity index (χ1v) is 8.06. The highest BCUT2D eigenvalue weighted by molar-refractivity contribution is 5.77. The monoisotopic (exact) mass is 333 g/mol. The van der Waals surface area contributed by atoms with Gasteiger partial charge in [-0.25, -0.2) is 4.98 Å². The molecule has 3 rings (SSSR count). The third-order valence-electron chi connectivity index (χ3n) is 4.05. The van der Waals surface area contributed by atoms with Gasteiger partial charge in [0.25, 0.3) is 0 Å². The second kappa shape index (κ2) is 7.59. The predicted molar refractivity (Wildman–Crippen MR) is 86.1 cm³/mol. The fraction of sp³-hybridized carbons (Fsp3) is 0.562. The van der Waals surface area contributed by atoms with Crippen molar-refractivity contribution in [3.05, 3.63) is 36.3 Å². The topological polar surface area (TPSA) is 76.6 Å². The van der Waals surface area contributed by atoms with Crippen LogP contribution in [-0.2, 0) is 22.6 Å². The van der Waals surface area contributed by atoms with Crippen LogP contribution in [0, 0.1) is 6.92 Å². The van der Waals surface area contributed by atoms with Crippen molar-refractivity contribution in [3.8, 4) is 0 Å². The first-order chi connectivity index (χ1) is 11.6. The third kappa shape index (κ3) is 4.42. The molecule has 1 aliphatic rings. The molecule has 0 N–H and O–H groups in total. The van der Waals surface area contributed by atoms with E-state index in [0.29, 0.717) is 32.8 Å². The van der Waals surface area contributed by atoms with Crippen LogP contribution >= 0.6 is 0 Å². The van der Waals surface area contributed by atoms with Gasteiger partial charge >= 0.3 is 0 Å². The van der Waals surface area contributed by atoms with Crippen molar-refractivity contribution in [1.29, 1.82) is 0 Å². The van der Waals surface area contributed by atoms with Gasteiger partial charge in [0.15, 0.2) is 0 Å². The molecule has 1 aliphatic heterocycles. The number of carbonyl (C=O) groups is 1. The number of nitrogens with zero attached hydrogens (tertiary/aromatic N) is 5. The highest BCUT2D eigenvalue weighted by Gasteiger charge is 2.24. The molecular weight excluding hydrogens is 310 g/mol. The van der Waals surface area contributed by atoms with Crippen LogP contribution in [0.25, 0.3) is 0 Å². The Bertz CT molecular complexity index is 654. The molecule has 0 spiro atoms. The molecule has 0 saturated carbocycles. The zero-order valence-electron chi connectivity index (χ0n) is 14.1. The minimum absolute atomic E-state index is 0.0197. The van der Waals surface area contributed by atoms with Gasteiger partial charge in [0.05, 0.1) is 32.3 Å². The minimum atomic E-state index is 0.0197. The van der Waals surface area contributed by atoms with E-state index in [4.69, 9.17) is 9.15 Å². The maximum absolute atomic E-state index is 12.4. The van der Waals surface area contributed by atoms with Crippen LogP contribution in [-0.4, -0.2) is 69.9 Å². The molecule has 2 aromatic heterocycles. The SMILES string of the molecule is Cc1ccc(CN(C)C(=O)CN2CCO[C@@H](Cn3cncn3)C2)o1. The van der Waals surface area contributed by atoms with Crippen molar-refractivity contribution in [2.24, 2.45) is 0 Å². The maximum Gasteiger partial charge on any atom is 0.236 e. The lowest BCUT2D eigenvalue weighted by Gasteiger charge is -2.33. The zero-order chi connectivity index (χ0) is 16.9. The van der Waals surface area contributed by atoms with Crippen LogP contribution in [0.4, 0.5) is 0 Å². The van der Waals surface area contributed by atoms with Crippen LogP contribution in [0.3, 0.4) is 0 Å².